The molecule has 1 aromatic carbocycles. The number of aromatic nitrogens is 1. The van der Waals surface area contributed by atoms with Gasteiger partial charge in [0.25, 0.3) is 0 Å². The highest BCUT2D eigenvalue weighted by atomic mass is 16.2. The molecule has 2 amide bonds. The molecule has 0 atom stereocenters. The Hall–Kier alpha value is -2.10. The highest BCUT2D eigenvalue weighted by Gasteiger charge is 2.21. The molecule has 0 bridgehead atoms. The average Bonchev–Trinajstić information content (AvgIpc) is 2.55. The SMILES string of the molecule is CN(C(=O)Nc1ccc2cccnc2c1)C1CCCCC1. The second-order valence-electron chi connectivity index (χ2n) is 5.74. The lowest BCUT2D eigenvalue weighted by Crippen LogP contribution is -2.40. The van der Waals surface area contributed by atoms with Crippen LogP contribution in [-0.2, 0) is 0 Å². The molecule has 0 radical (unpaired) electrons. The Morgan fingerprint density at radius 3 is 2.86 bits per heavy atom. The first-order valence-electron chi connectivity index (χ1n) is 7.62. The number of hydrogen-bond donors (Lipinski definition) is 1. The molecule has 1 aliphatic carbocycles. The summed E-state index contributed by atoms with van der Waals surface area (Å²) in [5.41, 5.74) is 1.70. The van der Waals surface area contributed by atoms with Gasteiger partial charge in [0.05, 0.1) is 5.52 Å². The monoisotopic (exact) mass is 283 g/mol. The molecule has 4 heteroatoms. The van der Waals surface area contributed by atoms with Crippen LogP contribution in [0.25, 0.3) is 10.9 Å². The number of hydrogen-bond acceptors (Lipinski definition) is 2. The van der Waals surface area contributed by atoms with Crippen molar-refractivity contribution in [2.45, 2.75) is 38.1 Å². The van der Waals surface area contributed by atoms with E-state index in [9.17, 15) is 4.79 Å². The van der Waals surface area contributed by atoms with Gasteiger partial charge in [0.1, 0.15) is 0 Å². The van der Waals surface area contributed by atoms with E-state index in [1.54, 1.807) is 6.20 Å². The van der Waals surface area contributed by atoms with Gasteiger partial charge in [-0.1, -0.05) is 31.4 Å². The number of nitrogens with one attached hydrogen (secondary N) is 1. The number of carbonyl (C=O) groups is 1. The van der Waals surface area contributed by atoms with Gasteiger partial charge >= 0.3 is 6.03 Å². The van der Waals surface area contributed by atoms with E-state index in [4.69, 9.17) is 0 Å². The number of fused-ring (bicyclic) bond motifs is 1. The molecule has 1 fully saturated rings. The second-order valence-corrected chi connectivity index (χ2v) is 5.74. The van der Waals surface area contributed by atoms with Gasteiger partial charge in [0.2, 0.25) is 0 Å². The first-order chi connectivity index (χ1) is 10.2. The maximum atomic E-state index is 12.3. The molecular formula is C17H21N3O. The number of benzene rings is 1. The molecule has 1 saturated carbocycles. The van der Waals surface area contributed by atoms with E-state index < -0.39 is 0 Å². The smallest absolute Gasteiger partial charge is 0.321 e. The minimum Gasteiger partial charge on any atom is -0.325 e. The van der Waals surface area contributed by atoms with Crippen molar-refractivity contribution in [1.29, 1.82) is 0 Å². The molecule has 3 rings (SSSR count). The summed E-state index contributed by atoms with van der Waals surface area (Å²) in [5, 5.41) is 4.06. The number of amides is 2. The van der Waals surface area contributed by atoms with Crippen molar-refractivity contribution in [3.63, 3.8) is 0 Å². The largest absolute Gasteiger partial charge is 0.325 e. The maximum absolute atomic E-state index is 12.3. The number of anilines is 1. The fourth-order valence-electron chi connectivity index (χ4n) is 2.99. The predicted octanol–water partition coefficient (Wildman–Crippen LogP) is 4.03. The molecule has 1 aliphatic rings. The Labute approximate surface area is 125 Å². The van der Waals surface area contributed by atoms with Crippen molar-refractivity contribution >= 4 is 22.6 Å². The normalized spacial score (nSPS) is 15.9. The first kappa shape index (κ1) is 13.9. The van der Waals surface area contributed by atoms with Gasteiger partial charge in [0.15, 0.2) is 0 Å². The van der Waals surface area contributed by atoms with Crippen LogP contribution < -0.4 is 5.32 Å². The summed E-state index contributed by atoms with van der Waals surface area (Å²) in [5.74, 6) is 0. The van der Waals surface area contributed by atoms with Gasteiger partial charge in [-0.2, -0.15) is 0 Å². The quantitative estimate of drug-likeness (QED) is 0.904. The average molecular weight is 283 g/mol. The van der Waals surface area contributed by atoms with Gasteiger partial charge < -0.3 is 10.2 Å². The van der Waals surface area contributed by atoms with Crippen LogP contribution in [0.5, 0.6) is 0 Å². The lowest BCUT2D eigenvalue weighted by Gasteiger charge is -2.31. The molecule has 21 heavy (non-hydrogen) atoms. The van der Waals surface area contributed by atoms with Gasteiger partial charge in [0, 0.05) is 30.4 Å². The van der Waals surface area contributed by atoms with E-state index in [-0.39, 0.29) is 6.03 Å². The summed E-state index contributed by atoms with van der Waals surface area (Å²) in [7, 11) is 1.89. The van der Waals surface area contributed by atoms with Crippen molar-refractivity contribution in [2.75, 3.05) is 12.4 Å². The summed E-state index contributed by atoms with van der Waals surface area (Å²) in [6, 6.07) is 10.1. The lowest BCUT2D eigenvalue weighted by molar-refractivity contribution is 0.186. The van der Waals surface area contributed by atoms with Crippen molar-refractivity contribution in [1.82, 2.24) is 9.88 Å². The van der Waals surface area contributed by atoms with E-state index in [0.717, 1.165) is 29.4 Å². The van der Waals surface area contributed by atoms with Gasteiger partial charge in [-0.25, -0.2) is 4.79 Å². The van der Waals surface area contributed by atoms with Crippen LogP contribution in [0.3, 0.4) is 0 Å². The van der Waals surface area contributed by atoms with E-state index in [1.165, 1.54) is 19.3 Å². The molecule has 1 heterocycles. The van der Waals surface area contributed by atoms with E-state index in [0.29, 0.717) is 6.04 Å². The summed E-state index contributed by atoms with van der Waals surface area (Å²) < 4.78 is 0. The van der Waals surface area contributed by atoms with Crippen LogP contribution in [0, 0.1) is 0 Å². The van der Waals surface area contributed by atoms with E-state index in [1.807, 2.05) is 42.3 Å². The number of pyridine rings is 1. The Morgan fingerprint density at radius 1 is 1.24 bits per heavy atom. The molecule has 2 aromatic rings. The summed E-state index contributed by atoms with van der Waals surface area (Å²) in [6.45, 7) is 0. The summed E-state index contributed by atoms with van der Waals surface area (Å²) >= 11 is 0. The summed E-state index contributed by atoms with van der Waals surface area (Å²) in [6.07, 6.45) is 7.74. The Morgan fingerprint density at radius 2 is 2.05 bits per heavy atom. The van der Waals surface area contributed by atoms with Crippen LogP contribution in [0.2, 0.25) is 0 Å². The highest BCUT2D eigenvalue weighted by Crippen LogP contribution is 2.23. The molecule has 0 spiro atoms. The third-order valence-corrected chi connectivity index (χ3v) is 4.30. The minimum absolute atomic E-state index is 0.0304. The molecule has 0 saturated heterocycles. The molecule has 1 aromatic heterocycles. The first-order valence-corrected chi connectivity index (χ1v) is 7.62. The van der Waals surface area contributed by atoms with Crippen molar-refractivity contribution in [2.24, 2.45) is 0 Å². The van der Waals surface area contributed by atoms with Crippen molar-refractivity contribution in [3.05, 3.63) is 36.5 Å². The van der Waals surface area contributed by atoms with Crippen LogP contribution >= 0.6 is 0 Å². The third kappa shape index (κ3) is 3.15. The zero-order chi connectivity index (χ0) is 14.7. The molecule has 110 valence electrons. The zero-order valence-corrected chi connectivity index (χ0v) is 12.4. The van der Waals surface area contributed by atoms with Crippen LogP contribution in [-0.4, -0.2) is 29.0 Å². The maximum Gasteiger partial charge on any atom is 0.321 e. The number of carbonyl (C=O) groups excluding carboxylic acids is 1. The highest BCUT2D eigenvalue weighted by molar-refractivity contribution is 5.92. The van der Waals surface area contributed by atoms with Crippen LogP contribution in [0.4, 0.5) is 10.5 Å². The van der Waals surface area contributed by atoms with Gasteiger partial charge in [-0.15, -0.1) is 0 Å². The Bertz CT molecular complexity index is 635. The zero-order valence-electron chi connectivity index (χ0n) is 12.4. The summed E-state index contributed by atoms with van der Waals surface area (Å²) in [4.78, 5) is 18.5. The molecule has 4 nitrogen and oxygen atoms in total. The van der Waals surface area contributed by atoms with E-state index in [2.05, 4.69) is 10.3 Å². The number of nitrogens with zero attached hydrogens (tertiary/aromatic N) is 2. The minimum atomic E-state index is -0.0304. The topological polar surface area (TPSA) is 45.2 Å². The molecule has 1 N–H and O–H groups in total. The fourth-order valence-corrected chi connectivity index (χ4v) is 2.99. The van der Waals surface area contributed by atoms with Crippen molar-refractivity contribution in [3.8, 4) is 0 Å². The van der Waals surface area contributed by atoms with Crippen molar-refractivity contribution < 1.29 is 4.79 Å². The predicted molar refractivity (Wildman–Crippen MR) is 85.4 cm³/mol. The van der Waals surface area contributed by atoms with Crippen LogP contribution in [0.15, 0.2) is 36.5 Å². The fraction of sp³-hybridized carbons (Fsp3) is 0.412. The number of urea groups is 1. The number of rotatable bonds is 2. The second kappa shape index (κ2) is 6.12. The van der Waals surface area contributed by atoms with Crippen LogP contribution in [0.1, 0.15) is 32.1 Å². The standard InChI is InChI=1S/C17H21N3O/c1-20(15-7-3-2-4-8-15)17(21)19-14-10-9-13-6-5-11-18-16(13)12-14/h5-6,9-12,15H,2-4,7-8H2,1H3,(H,19,21). The Balaban J connectivity index is 1.70. The lowest BCUT2D eigenvalue weighted by atomic mass is 9.95. The van der Waals surface area contributed by atoms with Gasteiger partial charge in [-0.05, 0) is 31.0 Å². The molecule has 0 aliphatic heterocycles. The van der Waals surface area contributed by atoms with Gasteiger partial charge in [-0.3, -0.25) is 4.98 Å². The molecular weight excluding hydrogens is 262 g/mol. The molecule has 0 unspecified atom stereocenters. The van der Waals surface area contributed by atoms with E-state index >= 15 is 0 Å². The Kier molecular flexibility index (Phi) is 4.04. The third-order valence-electron chi connectivity index (χ3n) is 4.30.